The van der Waals surface area contributed by atoms with Crippen LogP contribution >= 0.6 is 0 Å². The number of hydrogen-bond acceptors (Lipinski definition) is 4. The number of benzene rings is 2. The van der Waals surface area contributed by atoms with Crippen molar-refractivity contribution in [3.05, 3.63) is 77.4 Å². The van der Waals surface area contributed by atoms with Crippen molar-refractivity contribution in [2.24, 2.45) is 4.99 Å². The second-order valence-electron chi connectivity index (χ2n) is 11.5. The monoisotopic (exact) mass is 540 g/mol. The molecule has 0 aromatic heterocycles. The van der Waals surface area contributed by atoms with Crippen LogP contribution < -0.4 is 5.32 Å². The highest BCUT2D eigenvalue weighted by Crippen LogP contribution is 2.30. The van der Waals surface area contributed by atoms with Gasteiger partial charge >= 0.3 is 0 Å². The number of hydrogen-bond donors (Lipinski definition) is 1. The van der Waals surface area contributed by atoms with Crippen LogP contribution in [0.3, 0.4) is 0 Å². The third kappa shape index (κ3) is 7.69. The third-order valence-electron chi connectivity index (χ3n) is 8.82. The average Bonchev–Trinajstić information content (AvgIpc) is 3.01. The van der Waals surface area contributed by atoms with Crippen LogP contribution in [-0.2, 0) is 16.0 Å². The minimum Gasteiger partial charge on any atom is -0.347 e. The summed E-state index contributed by atoms with van der Waals surface area (Å²) in [5.74, 6) is 0.0418. The zero-order valence-corrected chi connectivity index (χ0v) is 23.7. The van der Waals surface area contributed by atoms with E-state index < -0.39 is 6.04 Å². The Hall–Kier alpha value is -3.25. The molecule has 1 saturated carbocycles. The van der Waals surface area contributed by atoms with E-state index in [4.69, 9.17) is 0 Å². The highest BCUT2D eigenvalue weighted by atomic mass is 16.2. The number of nitrogens with one attached hydrogen (secondary N) is 1. The molecule has 5 rings (SSSR count). The summed E-state index contributed by atoms with van der Waals surface area (Å²) in [5, 5.41) is 3.27. The molecule has 6 nitrogen and oxygen atoms in total. The highest BCUT2D eigenvalue weighted by Gasteiger charge is 2.29. The summed E-state index contributed by atoms with van der Waals surface area (Å²) in [5.41, 5.74) is 3.60. The molecule has 2 unspecified atom stereocenters. The molecular formula is C34H44N4O2. The summed E-state index contributed by atoms with van der Waals surface area (Å²) in [6, 6.07) is 18.5. The van der Waals surface area contributed by atoms with Crippen molar-refractivity contribution in [2.75, 3.05) is 26.2 Å². The number of aryl methyl sites for hydroxylation is 1. The summed E-state index contributed by atoms with van der Waals surface area (Å²) >= 11 is 0. The number of aliphatic imine (C=N–C) groups is 1. The zero-order chi connectivity index (χ0) is 27.6. The second-order valence-corrected chi connectivity index (χ2v) is 11.5. The Kier molecular flexibility index (Phi) is 10.2. The minimum atomic E-state index is -0.595. The molecule has 2 aliphatic carbocycles. The van der Waals surface area contributed by atoms with Crippen LogP contribution in [0.25, 0.3) is 6.08 Å². The Balaban J connectivity index is 1.19. The van der Waals surface area contributed by atoms with Crippen molar-refractivity contribution in [1.82, 2.24) is 15.1 Å². The van der Waals surface area contributed by atoms with Crippen LogP contribution in [0.1, 0.15) is 80.5 Å². The molecule has 0 spiro atoms. The molecule has 1 aliphatic heterocycles. The number of amides is 2. The summed E-state index contributed by atoms with van der Waals surface area (Å²) in [6.07, 6.45) is 16.0. The fraction of sp³-hybridized carbons (Fsp3) is 0.500. The minimum absolute atomic E-state index is 0.00132. The molecule has 2 aromatic rings. The van der Waals surface area contributed by atoms with Gasteiger partial charge in [-0.3, -0.25) is 19.5 Å². The van der Waals surface area contributed by atoms with E-state index in [9.17, 15) is 9.59 Å². The Morgan fingerprint density at radius 1 is 0.900 bits per heavy atom. The number of piperazine rings is 1. The van der Waals surface area contributed by atoms with Gasteiger partial charge in [-0.25, -0.2) is 0 Å². The van der Waals surface area contributed by atoms with Crippen LogP contribution in [0.2, 0.25) is 0 Å². The van der Waals surface area contributed by atoms with Gasteiger partial charge in [0.15, 0.2) is 0 Å². The van der Waals surface area contributed by atoms with Gasteiger partial charge in [0.2, 0.25) is 11.8 Å². The number of carbonyl (C=O) groups is 2. The van der Waals surface area contributed by atoms with E-state index in [1.165, 1.54) is 43.2 Å². The molecule has 2 aromatic carbocycles. The molecule has 6 heteroatoms. The van der Waals surface area contributed by atoms with Gasteiger partial charge in [-0.05, 0) is 61.3 Å². The van der Waals surface area contributed by atoms with Crippen LogP contribution in [-0.4, -0.2) is 66.1 Å². The Morgan fingerprint density at radius 2 is 1.65 bits per heavy atom. The molecule has 3 aliphatic rings. The first-order valence-electron chi connectivity index (χ1n) is 15.3. The highest BCUT2D eigenvalue weighted by molar-refractivity contribution is 5.87. The van der Waals surface area contributed by atoms with E-state index in [0.717, 1.165) is 51.0 Å². The Bertz CT molecular complexity index is 1160. The summed E-state index contributed by atoms with van der Waals surface area (Å²) in [7, 11) is 0. The van der Waals surface area contributed by atoms with Crippen LogP contribution in [0, 0.1) is 0 Å². The Labute approximate surface area is 239 Å². The van der Waals surface area contributed by atoms with Crippen molar-refractivity contribution >= 4 is 24.1 Å². The maximum Gasteiger partial charge on any atom is 0.245 e. The predicted octanol–water partition coefficient (Wildman–Crippen LogP) is 5.59. The van der Waals surface area contributed by atoms with E-state index >= 15 is 0 Å². The standard InChI is InChI=1S/C34H44N4O2/c39-33(38-25-23-37(24-26-38)29-16-5-2-6-17-29)21-20-32(35-22-10-13-27-11-3-1-4-12-27)34(40)36-31-19-9-15-28-14-7-8-18-30(28)31/h1,3-4,7-8,10-14,18,22,29,31-32H,2,5-6,9,15-17,19-21,23-26H2,(H,36,40). The molecule has 2 fully saturated rings. The molecule has 1 heterocycles. The van der Waals surface area contributed by atoms with Crippen LogP contribution in [0.5, 0.6) is 0 Å². The molecule has 2 atom stereocenters. The number of allylic oxidation sites excluding steroid dienone is 1. The normalized spacial score (nSPS) is 21.4. The predicted molar refractivity (Wildman–Crippen MR) is 162 cm³/mol. The maximum absolute atomic E-state index is 13.5. The first-order chi connectivity index (χ1) is 19.7. The lowest BCUT2D eigenvalue weighted by Gasteiger charge is -2.40. The van der Waals surface area contributed by atoms with E-state index in [2.05, 4.69) is 33.4 Å². The lowest BCUT2D eigenvalue weighted by molar-refractivity contribution is -0.133. The van der Waals surface area contributed by atoms with Gasteiger partial charge in [0.1, 0.15) is 6.04 Å². The first kappa shape index (κ1) is 28.3. The van der Waals surface area contributed by atoms with Gasteiger partial charge in [-0.2, -0.15) is 0 Å². The van der Waals surface area contributed by atoms with Gasteiger partial charge in [0, 0.05) is 44.9 Å². The third-order valence-corrected chi connectivity index (χ3v) is 8.82. The van der Waals surface area contributed by atoms with E-state index in [-0.39, 0.29) is 17.9 Å². The van der Waals surface area contributed by atoms with Gasteiger partial charge in [-0.1, -0.05) is 79.9 Å². The van der Waals surface area contributed by atoms with Gasteiger partial charge in [0.25, 0.3) is 0 Å². The molecular weight excluding hydrogens is 496 g/mol. The largest absolute Gasteiger partial charge is 0.347 e. The number of rotatable bonds is 9. The maximum atomic E-state index is 13.5. The van der Waals surface area contributed by atoms with Crippen LogP contribution in [0.15, 0.2) is 65.7 Å². The lowest BCUT2D eigenvalue weighted by Crippen LogP contribution is -2.52. The summed E-state index contributed by atoms with van der Waals surface area (Å²) in [6.45, 7) is 3.50. The molecule has 0 radical (unpaired) electrons. The van der Waals surface area contributed by atoms with Crippen molar-refractivity contribution in [3.63, 3.8) is 0 Å². The fourth-order valence-corrected chi connectivity index (χ4v) is 6.52. The second kappa shape index (κ2) is 14.4. The first-order valence-corrected chi connectivity index (χ1v) is 15.3. The molecule has 40 heavy (non-hydrogen) atoms. The topological polar surface area (TPSA) is 65.0 Å². The fourth-order valence-electron chi connectivity index (χ4n) is 6.52. The zero-order valence-electron chi connectivity index (χ0n) is 23.7. The van der Waals surface area contributed by atoms with Crippen molar-refractivity contribution in [2.45, 2.75) is 82.3 Å². The smallest absolute Gasteiger partial charge is 0.245 e. The van der Waals surface area contributed by atoms with Crippen molar-refractivity contribution < 1.29 is 9.59 Å². The van der Waals surface area contributed by atoms with Gasteiger partial charge < -0.3 is 10.2 Å². The number of nitrogens with zero attached hydrogens (tertiary/aromatic N) is 3. The molecule has 1 N–H and O–H groups in total. The molecule has 212 valence electrons. The van der Waals surface area contributed by atoms with Crippen LogP contribution in [0.4, 0.5) is 0 Å². The lowest BCUT2D eigenvalue weighted by atomic mass is 9.87. The average molecular weight is 541 g/mol. The molecule has 2 amide bonds. The Morgan fingerprint density at radius 3 is 2.45 bits per heavy atom. The summed E-state index contributed by atoms with van der Waals surface area (Å²) < 4.78 is 0. The molecule has 1 saturated heterocycles. The van der Waals surface area contributed by atoms with Crippen molar-refractivity contribution in [1.29, 1.82) is 0 Å². The van der Waals surface area contributed by atoms with Gasteiger partial charge in [0.05, 0.1) is 6.04 Å². The summed E-state index contributed by atoms with van der Waals surface area (Å²) in [4.78, 5) is 35.9. The van der Waals surface area contributed by atoms with Gasteiger partial charge in [-0.15, -0.1) is 0 Å². The number of fused-ring (bicyclic) bond motifs is 1. The van der Waals surface area contributed by atoms with E-state index in [1.54, 1.807) is 6.21 Å². The van der Waals surface area contributed by atoms with E-state index in [1.807, 2.05) is 53.5 Å². The quantitative estimate of drug-likeness (QED) is 0.422. The molecule has 0 bridgehead atoms. The van der Waals surface area contributed by atoms with E-state index in [0.29, 0.717) is 18.9 Å². The van der Waals surface area contributed by atoms with Crippen molar-refractivity contribution in [3.8, 4) is 0 Å². The number of carbonyl (C=O) groups excluding carboxylic acids is 2. The SMILES string of the molecule is O=C(NC1CCCc2ccccc21)C(CCC(=O)N1CCN(C2CCCCC2)CC1)N=CC=Cc1ccccc1.